The molecule has 36 heavy (non-hydrogen) atoms. The van der Waals surface area contributed by atoms with Gasteiger partial charge in [0.25, 0.3) is 11.8 Å². The molecule has 0 spiro atoms. The molecule has 4 amide bonds. The van der Waals surface area contributed by atoms with Gasteiger partial charge in [-0.05, 0) is 61.0 Å². The Bertz CT molecular complexity index is 1210. The molecule has 2 aromatic rings. The van der Waals surface area contributed by atoms with Gasteiger partial charge in [0, 0.05) is 13.0 Å². The van der Waals surface area contributed by atoms with Crippen molar-refractivity contribution in [1.82, 2.24) is 15.1 Å². The van der Waals surface area contributed by atoms with Crippen LogP contribution in [0, 0.1) is 5.41 Å². The fourth-order valence-electron chi connectivity index (χ4n) is 5.08. The maximum atomic E-state index is 13.2. The van der Waals surface area contributed by atoms with Crippen LogP contribution in [0.4, 0.5) is 0 Å². The van der Waals surface area contributed by atoms with Crippen molar-refractivity contribution in [3.05, 3.63) is 64.7 Å². The molecule has 0 aliphatic carbocycles. The number of ether oxygens (including phenoxy) is 1. The highest BCUT2D eigenvalue weighted by atomic mass is 16.5. The van der Waals surface area contributed by atoms with Gasteiger partial charge in [0.2, 0.25) is 11.8 Å². The van der Waals surface area contributed by atoms with Crippen LogP contribution >= 0.6 is 0 Å². The first-order valence-electron chi connectivity index (χ1n) is 12.5. The normalized spacial score (nSPS) is 21.9. The molecule has 0 bridgehead atoms. The second-order valence-electron chi connectivity index (χ2n) is 10.7. The molecule has 3 aliphatic heterocycles. The van der Waals surface area contributed by atoms with Gasteiger partial charge in [-0.1, -0.05) is 44.2 Å². The average Bonchev–Trinajstić information content (AvgIpc) is 3.10. The highest BCUT2D eigenvalue weighted by molar-refractivity contribution is 6.24. The van der Waals surface area contributed by atoms with Crippen LogP contribution in [0.25, 0.3) is 0 Å². The summed E-state index contributed by atoms with van der Waals surface area (Å²) < 4.78 is 5.98. The summed E-state index contributed by atoms with van der Waals surface area (Å²) in [5.41, 5.74) is 3.01. The molecule has 2 aromatic carbocycles. The molecule has 2 saturated heterocycles. The number of hydrogen-bond acceptors (Lipinski definition) is 6. The first-order chi connectivity index (χ1) is 17.2. The molecule has 3 heterocycles. The minimum Gasteiger partial charge on any atom is -0.488 e. The third kappa shape index (κ3) is 4.78. The SMILES string of the molecule is CC1(C)CCN(Cc2ccc(COc3cccc4c3C(=O)N(C3CCC(=O)NC3=O)C4=O)cc2)CC1. The molecular weight excluding hydrogens is 458 g/mol. The van der Waals surface area contributed by atoms with Crippen molar-refractivity contribution in [3.8, 4) is 5.75 Å². The number of nitrogens with zero attached hydrogens (tertiary/aromatic N) is 2. The third-order valence-electron chi connectivity index (χ3n) is 7.46. The number of likely N-dealkylation sites (tertiary alicyclic amines) is 1. The Morgan fingerprint density at radius 3 is 2.33 bits per heavy atom. The summed E-state index contributed by atoms with van der Waals surface area (Å²) >= 11 is 0. The maximum absolute atomic E-state index is 13.2. The number of rotatable bonds is 6. The number of hydrogen-bond donors (Lipinski definition) is 1. The zero-order chi connectivity index (χ0) is 25.4. The zero-order valence-corrected chi connectivity index (χ0v) is 20.7. The van der Waals surface area contributed by atoms with Crippen molar-refractivity contribution in [2.24, 2.45) is 5.41 Å². The smallest absolute Gasteiger partial charge is 0.266 e. The topological polar surface area (TPSA) is 96.0 Å². The van der Waals surface area contributed by atoms with E-state index in [9.17, 15) is 19.2 Å². The number of benzene rings is 2. The largest absolute Gasteiger partial charge is 0.488 e. The van der Waals surface area contributed by atoms with Crippen LogP contribution in [0.1, 0.15) is 71.4 Å². The Balaban J connectivity index is 1.24. The van der Waals surface area contributed by atoms with E-state index in [0.29, 0.717) is 11.2 Å². The Morgan fingerprint density at radius 1 is 0.944 bits per heavy atom. The van der Waals surface area contributed by atoms with Gasteiger partial charge in [-0.25, -0.2) is 0 Å². The molecule has 1 atom stereocenters. The molecular formula is C28H31N3O5. The number of amides is 4. The second kappa shape index (κ2) is 9.50. The Kier molecular flexibility index (Phi) is 6.38. The van der Waals surface area contributed by atoms with Crippen molar-refractivity contribution in [2.75, 3.05) is 13.1 Å². The van der Waals surface area contributed by atoms with Crippen LogP contribution < -0.4 is 10.1 Å². The third-order valence-corrected chi connectivity index (χ3v) is 7.46. The summed E-state index contributed by atoms with van der Waals surface area (Å²) in [5, 5.41) is 2.21. The molecule has 0 radical (unpaired) electrons. The average molecular weight is 490 g/mol. The van der Waals surface area contributed by atoms with Crippen molar-refractivity contribution in [3.63, 3.8) is 0 Å². The Labute approximate surface area is 210 Å². The Morgan fingerprint density at radius 2 is 1.64 bits per heavy atom. The van der Waals surface area contributed by atoms with Crippen LogP contribution in [0.5, 0.6) is 5.75 Å². The standard InChI is InChI=1S/C28H31N3O5/c1-28(2)12-14-30(15-13-28)16-18-6-8-19(9-7-18)17-36-22-5-3-4-20-24(22)27(35)31(26(20)34)21-10-11-23(32)29-25(21)33/h3-9,21H,10-17H2,1-2H3,(H,29,32,33). The summed E-state index contributed by atoms with van der Waals surface area (Å²) in [6.07, 6.45) is 2.62. The van der Waals surface area contributed by atoms with Crippen LogP contribution in [0.2, 0.25) is 0 Å². The monoisotopic (exact) mass is 489 g/mol. The number of carbonyl (C=O) groups excluding carboxylic acids is 4. The van der Waals surface area contributed by atoms with Crippen molar-refractivity contribution >= 4 is 23.6 Å². The fraction of sp³-hybridized carbons (Fsp3) is 0.429. The first kappa shape index (κ1) is 24.2. The highest BCUT2D eigenvalue weighted by Crippen LogP contribution is 2.34. The van der Waals surface area contributed by atoms with Crippen LogP contribution in [0.3, 0.4) is 0 Å². The van der Waals surface area contributed by atoms with Gasteiger partial charge in [-0.2, -0.15) is 0 Å². The van der Waals surface area contributed by atoms with Crippen LogP contribution in [0.15, 0.2) is 42.5 Å². The van der Waals surface area contributed by atoms with E-state index in [1.165, 1.54) is 18.4 Å². The lowest BCUT2D eigenvalue weighted by Gasteiger charge is -2.36. The van der Waals surface area contributed by atoms with Gasteiger partial charge in [0.1, 0.15) is 18.4 Å². The minimum absolute atomic E-state index is 0.0823. The molecule has 188 valence electrons. The number of fused-ring (bicyclic) bond motifs is 1. The predicted molar refractivity (Wildman–Crippen MR) is 132 cm³/mol. The van der Waals surface area contributed by atoms with Crippen LogP contribution in [-0.4, -0.2) is 52.6 Å². The van der Waals surface area contributed by atoms with E-state index in [1.54, 1.807) is 18.2 Å². The molecule has 2 fully saturated rings. The fourth-order valence-corrected chi connectivity index (χ4v) is 5.08. The molecule has 8 nitrogen and oxygen atoms in total. The number of nitrogens with one attached hydrogen (secondary N) is 1. The molecule has 0 saturated carbocycles. The molecule has 1 unspecified atom stereocenters. The number of carbonyl (C=O) groups is 4. The van der Waals surface area contributed by atoms with Crippen LogP contribution in [-0.2, 0) is 22.7 Å². The van der Waals surface area contributed by atoms with Gasteiger partial charge >= 0.3 is 0 Å². The van der Waals surface area contributed by atoms with Gasteiger partial charge in [-0.3, -0.25) is 34.3 Å². The van der Waals surface area contributed by atoms with E-state index in [4.69, 9.17) is 4.74 Å². The second-order valence-corrected chi connectivity index (χ2v) is 10.7. The minimum atomic E-state index is -0.999. The summed E-state index contributed by atoms with van der Waals surface area (Å²) in [6, 6.07) is 12.1. The lowest BCUT2D eigenvalue weighted by atomic mass is 9.82. The maximum Gasteiger partial charge on any atom is 0.266 e. The van der Waals surface area contributed by atoms with Gasteiger partial charge in [0.05, 0.1) is 11.1 Å². The van der Waals surface area contributed by atoms with Crippen molar-refractivity contribution in [1.29, 1.82) is 0 Å². The Hall–Kier alpha value is -3.52. The predicted octanol–water partition coefficient (Wildman–Crippen LogP) is 3.29. The number of imide groups is 2. The van der Waals surface area contributed by atoms with Gasteiger partial charge in [0.15, 0.2) is 0 Å². The van der Waals surface area contributed by atoms with E-state index in [0.717, 1.165) is 30.1 Å². The number of piperidine rings is 2. The molecule has 8 heteroatoms. The first-order valence-corrected chi connectivity index (χ1v) is 12.5. The van der Waals surface area contributed by atoms with Crippen molar-refractivity contribution in [2.45, 2.75) is 58.7 Å². The summed E-state index contributed by atoms with van der Waals surface area (Å²) in [5.74, 6) is -1.83. The summed E-state index contributed by atoms with van der Waals surface area (Å²) in [4.78, 5) is 53.4. The van der Waals surface area contributed by atoms with Gasteiger partial charge < -0.3 is 4.74 Å². The molecule has 3 aliphatic rings. The summed E-state index contributed by atoms with van der Waals surface area (Å²) in [6.45, 7) is 8.05. The molecule has 5 rings (SSSR count). The van der Waals surface area contributed by atoms with Crippen molar-refractivity contribution < 1.29 is 23.9 Å². The molecule has 1 N–H and O–H groups in total. The zero-order valence-electron chi connectivity index (χ0n) is 20.7. The molecule has 0 aromatic heterocycles. The van der Waals surface area contributed by atoms with E-state index in [-0.39, 0.29) is 30.6 Å². The van der Waals surface area contributed by atoms with E-state index in [2.05, 4.69) is 36.2 Å². The quantitative estimate of drug-likeness (QED) is 0.626. The van der Waals surface area contributed by atoms with E-state index in [1.807, 2.05) is 12.1 Å². The van der Waals surface area contributed by atoms with Gasteiger partial charge in [-0.15, -0.1) is 0 Å². The van der Waals surface area contributed by atoms with E-state index >= 15 is 0 Å². The lowest BCUT2D eigenvalue weighted by molar-refractivity contribution is -0.136. The highest BCUT2D eigenvalue weighted by Gasteiger charge is 2.46. The van der Waals surface area contributed by atoms with E-state index < -0.39 is 29.7 Å². The summed E-state index contributed by atoms with van der Waals surface area (Å²) in [7, 11) is 0. The lowest BCUT2D eigenvalue weighted by Crippen LogP contribution is -2.54.